The summed E-state index contributed by atoms with van der Waals surface area (Å²) in [6.07, 6.45) is 0.490. The van der Waals surface area contributed by atoms with Gasteiger partial charge in [0.25, 0.3) is 5.56 Å². The van der Waals surface area contributed by atoms with Crippen LogP contribution in [0, 0.1) is 6.92 Å². The Hall–Kier alpha value is -2.11. The van der Waals surface area contributed by atoms with E-state index in [0.717, 1.165) is 11.3 Å². The topological polar surface area (TPSA) is 70.9 Å². The van der Waals surface area contributed by atoms with E-state index in [0.29, 0.717) is 34.8 Å². The molecular weight excluding hydrogens is 302 g/mol. The van der Waals surface area contributed by atoms with Crippen molar-refractivity contribution in [1.29, 1.82) is 0 Å². The van der Waals surface area contributed by atoms with Gasteiger partial charge in [-0.3, -0.25) is 9.36 Å². The lowest BCUT2D eigenvalue weighted by molar-refractivity contribution is 0.279. The van der Waals surface area contributed by atoms with Crippen LogP contribution in [0.15, 0.2) is 35.1 Å². The van der Waals surface area contributed by atoms with Gasteiger partial charge in [0.05, 0.1) is 5.39 Å². The number of halogens is 1. The molecule has 0 aliphatic carbocycles. The lowest BCUT2D eigenvalue weighted by Crippen LogP contribution is -2.23. The van der Waals surface area contributed by atoms with Crippen LogP contribution in [0.2, 0.25) is 5.02 Å². The average molecular weight is 318 g/mol. The van der Waals surface area contributed by atoms with Gasteiger partial charge < -0.3 is 10.1 Å². The van der Waals surface area contributed by atoms with Crippen molar-refractivity contribution in [2.45, 2.75) is 19.9 Å². The molecule has 0 atom stereocenters. The first-order valence-electron chi connectivity index (χ1n) is 7.07. The number of aromatic nitrogens is 3. The molecule has 0 aliphatic heterocycles. The Balaban J connectivity index is 2.28. The lowest BCUT2D eigenvalue weighted by atomic mass is 10.2. The molecule has 0 saturated carbocycles. The number of benzene rings is 1. The third-order valence-corrected chi connectivity index (χ3v) is 3.74. The average Bonchev–Trinajstić information content (AvgIpc) is 2.87. The maximum Gasteiger partial charge on any atom is 0.263 e. The number of hydrogen-bond donors (Lipinski definition) is 2. The van der Waals surface area contributed by atoms with Gasteiger partial charge in [-0.15, -0.1) is 0 Å². The van der Waals surface area contributed by atoms with E-state index in [1.807, 2.05) is 19.1 Å². The molecule has 0 spiro atoms. The van der Waals surface area contributed by atoms with E-state index in [-0.39, 0.29) is 12.2 Å². The van der Waals surface area contributed by atoms with Gasteiger partial charge in [0.2, 0.25) is 0 Å². The largest absolute Gasteiger partial charge is 0.396 e. The van der Waals surface area contributed by atoms with Crippen LogP contribution in [0.1, 0.15) is 12.1 Å². The summed E-state index contributed by atoms with van der Waals surface area (Å²) in [6, 6.07) is 9.04. The van der Waals surface area contributed by atoms with Crippen LogP contribution >= 0.6 is 11.6 Å². The smallest absolute Gasteiger partial charge is 0.263 e. The van der Waals surface area contributed by atoms with E-state index in [1.54, 1.807) is 22.8 Å². The maximum atomic E-state index is 12.7. The molecule has 0 radical (unpaired) electrons. The minimum atomic E-state index is -0.113. The number of aliphatic hydroxyl groups is 1. The fraction of sp³-hybridized carbons (Fsp3) is 0.250. The molecule has 6 heteroatoms. The van der Waals surface area contributed by atoms with Gasteiger partial charge in [0.15, 0.2) is 0 Å². The zero-order valence-corrected chi connectivity index (χ0v) is 12.9. The molecule has 114 valence electrons. The Bertz CT molecular complexity index is 883. The monoisotopic (exact) mass is 317 g/mol. The second-order valence-corrected chi connectivity index (χ2v) is 5.63. The summed E-state index contributed by atoms with van der Waals surface area (Å²) < 4.78 is 1.59. The number of H-pyrrole nitrogens is 1. The van der Waals surface area contributed by atoms with E-state index in [1.165, 1.54) is 0 Å². The summed E-state index contributed by atoms with van der Waals surface area (Å²) in [4.78, 5) is 20.4. The standard InChI is InChI=1S/C16H16ClN3O2/c1-10-8-13-14(18-10)19-15(11-4-2-5-12(17)9-11)20(16(13)22)6-3-7-21/h2,4-5,8-9,18,21H,3,6-7H2,1H3. The van der Waals surface area contributed by atoms with Gasteiger partial charge in [0, 0.05) is 29.4 Å². The number of nitrogens with zero attached hydrogens (tertiary/aromatic N) is 2. The molecule has 3 rings (SSSR count). The molecule has 2 aromatic heterocycles. The first-order chi connectivity index (χ1) is 10.6. The maximum absolute atomic E-state index is 12.7. The van der Waals surface area contributed by atoms with Crippen LogP contribution in [-0.2, 0) is 6.54 Å². The van der Waals surface area contributed by atoms with Gasteiger partial charge >= 0.3 is 0 Å². The molecule has 1 aromatic carbocycles. The highest BCUT2D eigenvalue weighted by Crippen LogP contribution is 2.22. The molecule has 0 amide bonds. The van der Waals surface area contributed by atoms with Crippen LogP contribution in [0.5, 0.6) is 0 Å². The van der Waals surface area contributed by atoms with Gasteiger partial charge in [-0.25, -0.2) is 4.98 Å². The molecule has 0 fully saturated rings. The Morgan fingerprint density at radius 3 is 2.91 bits per heavy atom. The second kappa shape index (κ2) is 5.94. The summed E-state index contributed by atoms with van der Waals surface area (Å²) in [5.41, 5.74) is 2.11. The van der Waals surface area contributed by atoms with Crippen molar-refractivity contribution in [1.82, 2.24) is 14.5 Å². The van der Waals surface area contributed by atoms with Crippen LogP contribution in [0.4, 0.5) is 0 Å². The number of nitrogens with one attached hydrogen (secondary N) is 1. The molecule has 2 N–H and O–H groups in total. The molecule has 0 aliphatic rings. The van der Waals surface area contributed by atoms with Crippen LogP contribution in [-0.4, -0.2) is 26.2 Å². The first kappa shape index (κ1) is 14.8. The van der Waals surface area contributed by atoms with Crippen molar-refractivity contribution in [3.8, 4) is 11.4 Å². The summed E-state index contributed by atoms with van der Waals surface area (Å²) >= 11 is 6.05. The highest BCUT2D eigenvalue weighted by molar-refractivity contribution is 6.30. The first-order valence-corrected chi connectivity index (χ1v) is 7.45. The second-order valence-electron chi connectivity index (χ2n) is 5.19. The zero-order chi connectivity index (χ0) is 15.7. The van der Waals surface area contributed by atoms with E-state index in [2.05, 4.69) is 9.97 Å². The molecule has 22 heavy (non-hydrogen) atoms. The number of fused-ring (bicyclic) bond motifs is 1. The lowest BCUT2D eigenvalue weighted by Gasteiger charge is -2.12. The zero-order valence-electron chi connectivity index (χ0n) is 12.1. The SMILES string of the molecule is Cc1cc2c(=O)n(CCCO)c(-c3cccc(Cl)c3)nc2[nH]1. The van der Waals surface area contributed by atoms with Crippen molar-refractivity contribution < 1.29 is 5.11 Å². The number of aromatic amines is 1. The fourth-order valence-electron chi connectivity index (χ4n) is 2.52. The highest BCUT2D eigenvalue weighted by atomic mass is 35.5. The molecule has 0 saturated heterocycles. The molecule has 3 aromatic rings. The fourth-order valence-corrected chi connectivity index (χ4v) is 2.71. The van der Waals surface area contributed by atoms with Crippen LogP contribution < -0.4 is 5.56 Å². The number of aliphatic hydroxyl groups excluding tert-OH is 1. The molecule has 5 nitrogen and oxygen atoms in total. The van der Waals surface area contributed by atoms with Crippen molar-refractivity contribution in [3.05, 3.63) is 51.4 Å². The minimum Gasteiger partial charge on any atom is -0.396 e. The molecule has 0 bridgehead atoms. The van der Waals surface area contributed by atoms with E-state index in [9.17, 15) is 4.79 Å². The molecule has 2 heterocycles. The van der Waals surface area contributed by atoms with Crippen molar-refractivity contribution in [2.75, 3.05) is 6.61 Å². The third-order valence-electron chi connectivity index (χ3n) is 3.50. The summed E-state index contributed by atoms with van der Waals surface area (Å²) in [5, 5.41) is 10.2. The summed E-state index contributed by atoms with van der Waals surface area (Å²) in [7, 11) is 0. The third kappa shape index (κ3) is 2.65. The minimum absolute atomic E-state index is 0.0195. The van der Waals surface area contributed by atoms with Gasteiger partial charge in [0.1, 0.15) is 11.5 Å². The Morgan fingerprint density at radius 1 is 1.36 bits per heavy atom. The van der Waals surface area contributed by atoms with E-state index < -0.39 is 0 Å². The number of rotatable bonds is 4. The highest BCUT2D eigenvalue weighted by Gasteiger charge is 2.14. The summed E-state index contributed by atoms with van der Waals surface area (Å²) in [6.45, 7) is 2.31. The van der Waals surface area contributed by atoms with E-state index >= 15 is 0 Å². The predicted molar refractivity (Wildman–Crippen MR) is 87.2 cm³/mol. The molecule has 0 unspecified atom stereocenters. The van der Waals surface area contributed by atoms with Crippen LogP contribution in [0.3, 0.4) is 0 Å². The van der Waals surface area contributed by atoms with Crippen molar-refractivity contribution in [3.63, 3.8) is 0 Å². The number of aryl methyl sites for hydroxylation is 1. The van der Waals surface area contributed by atoms with Crippen LogP contribution in [0.25, 0.3) is 22.4 Å². The van der Waals surface area contributed by atoms with Gasteiger partial charge in [-0.05, 0) is 31.5 Å². The Labute approximate surface area is 132 Å². The quantitative estimate of drug-likeness (QED) is 0.777. The normalized spacial score (nSPS) is 11.2. The van der Waals surface area contributed by atoms with E-state index in [4.69, 9.17) is 16.7 Å². The number of hydrogen-bond acceptors (Lipinski definition) is 3. The van der Waals surface area contributed by atoms with Gasteiger partial charge in [-0.2, -0.15) is 0 Å². The Kier molecular flexibility index (Phi) is 4.00. The summed E-state index contributed by atoms with van der Waals surface area (Å²) in [5.74, 6) is 0.551. The molecular formula is C16H16ClN3O2. The van der Waals surface area contributed by atoms with Crippen molar-refractivity contribution in [2.24, 2.45) is 0 Å². The predicted octanol–water partition coefficient (Wildman–Crippen LogP) is 2.74. The van der Waals surface area contributed by atoms with Gasteiger partial charge in [-0.1, -0.05) is 23.7 Å². The Morgan fingerprint density at radius 2 is 2.18 bits per heavy atom. The van der Waals surface area contributed by atoms with Crippen molar-refractivity contribution >= 4 is 22.6 Å².